The van der Waals surface area contributed by atoms with Gasteiger partial charge < -0.3 is 14.4 Å². The van der Waals surface area contributed by atoms with Crippen LogP contribution in [0.1, 0.15) is 6.42 Å². The Kier molecular flexibility index (Phi) is 7.46. The Bertz CT molecular complexity index is 553. The van der Waals surface area contributed by atoms with Crippen molar-refractivity contribution in [2.45, 2.75) is 6.42 Å². The minimum Gasteiger partial charge on any atom is -0.484 e. The van der Waals surface area contributed by atoms with E-state index in [1.54, 1.807) is 4.90 Å². The molecule has 0 atom stereocenters. The molecule has 0 aromatic heterocycles. The van der Waals surface area contributed by atoms with Crippen molar-refractivity contribution in [2.24, 2.45) is 0 Å². The van der Waals surface area contributed by atoms with E-state index in [2.05, 4.69) is 11.0 Å². The summed E-state index contributed by atoms with van der Waals surface area (Å²) in [5, 5.41) is 8.77. The van der Waals surface area contributed by atoms with Crippen molar-refractivity contribution < 1.29 is 18.7 Å². The second-order valence-corrected chi connectivity index (χ2v) is 5.49. The second kappa shape index (κ2) is 9.85. The molecule has 1 heterocycles. The Morgan fingerprint density at radius 1 is 1.29 bits per heavy atom. The maximum atomic E-state index is 12.9. The highest BCUT2D eigenvalue weighted by molar-refractivity contribution is 5.77. The lowest BCUT2D eigenvalue weighted by molar-refractivity contribution is -0.133. The summed E-state index contributed by atoms with van der Waals surface area (Å²) in [5.74, 6) is -0.0872. The van der Waals surface area contributed by atoms with Gasteiger partial charge in [-0.1, -0.05) is 0 Å². The van der Waals surface area contributed by atoms with Gasteiger partial charge in [-0.25, -0.2) is 4.39 Å². The van der Waals surface area contributed by atoms with Crippen molar-refractivity contribution in [2.75, 3.05) is 52.5 Å². The Morgan fingerprint density at radius 2 is 2.00 bits per heavy atom. The molecule has 2 rings (SSSR count). The molecule has 1 aromatic carbocycles. The third-order valence-corrected chi connectivity index (χ3v) is 3.81. The van der Waals surface area contributed by atoms with Crippen LogP contribution in [-0.2, 0) is 9.53 Å². The maximum absolute atomic E-state index is 12.9. The molecule has 0 N–H and O–H groups in total. The molecule has 7 heteroatoms. The smallest absolute Gasteiger partial charge is 0.260 e. The number of amides is 1. The van der Waals surface area contributed by atoms with Gasteiger partial charge in [0.05, 0.1) is 25.7 Å². The first kappa shape index (κ1) is 18.2. The normalized spacial score (nSPS) is 14.8. The molecular formula is C17H22FN3O3. The molecule has 1 aliphatic rings. The number of rotatable bonds is 8. The summed E-state index contributed by atoms with van der Waals surface area (Å²) in [5.41, 5.74) is 0. The molecule has 0 aliphatic carbocycles. The van der Waals surface area contributed by atoms with E-state index in [9.17, 15) is 9.18 Å². The van der Waals surface area contributed by atoms with Gasteiger partial charge in [0.25, 0.3) is 5.91 Å². The fourth-order valence-electron chi connectivity index (χ4n) is 2.40. The molecule has 1 saturated heterocycles. The monoisotopic (exact) mass is 335 g/mol. The van der Waals surface area contributed by atoms with Crippen LogP contribution in [0.25, 0.3) is 0 Å². The first-order valence-electron chi connectivity index (χ1n) is 8.02. The molecule has 0 unspecified atom stereocenters. The predicted octanol–water partition coefficient (Wildman–Crippen LogP) is 1.28. The lowest BCUT2D eigenvalue weighted by Crippen LogP contribution is -2.44. The Morgan fingerprint density at radius 3 is 2.67 bits per heavy atom. The van der Waals surface area contributed by atoms with Gasteiger partial charge in [-0.05, 0) is 24.3 Å². The Labute approximate surface area is 141 Å². The van der Waals surface area contributed by atoms with E-state index in [1.807, 2.05) is 0 Å². The van der Waals surface area contributed by atoms with Gasteiger partial charge in [-0.2, -0.15) is 5.26 Å². The summed E-state index contributed by atoms with van der Waals surface area (Å²) < 4.78 is 23.6. The second-order valence-electron chi connectivity index (χ2n) is 5.49. The van der Waals surface area contributed by atoms with Crippen molar-refractivity contribution in [3.63, 3.8) is 0 Å². The number of nitrogens with zero attached hydrogens (tertiary/aromatic N) is 3. The number of hydrogen-bond acceptors (Lipinski definition) is 5. The third kappa shape index (κ3) is 6.14. The van der Waals surface area contributed by atoms with E-state index in [1.165, 1.54) is 24.3 Å². The summed E-state index contributed by atoms with van der Waals surface area (Å²) in [4.78, 5) is 16.2. The molecule has 0 saturated carbocycles. The van der Waals surface area contributed by atoms with Gasteiger partial charge in [0.1, 0.15) is 11.6 Å². The summed E-state index contributed by atoms with van der Waals surface area (Å²) in [6, 6.07) is 7.59. The quantitative estimate of drug-likeness (QED) is 0.716. The molecule has 24 heavy (non-hydrogen) atoms. The van der Waals surface area contributed by atoms with Gasteiger partial charge in [0, 0.05) is 32.7 Å². The molecule has 0 bridgehead atoms. The van der Waals surface area contributed by atoms with Gasteiger partial charge in [-0.15, -0.1) is 0 Å². The van der Waals surface area contributed by atoms with Crippen molar-refractivity contribution in [3.8, 4) is 11.8 Å². The standard InChI is InChI=1S/C17H22FN3O3/c18-15-2-4-16(5-3-15)24-14-17(22)21(7-1-6-19)9-8-20-10-12-23-13-11-20/h2-5H,1,7-14H2. The van der Waals surface area contributed by atoms with Crippen LogP contribution in [-0.4, -0.2) is 68.3 Å². The number of morpholine rings is 1. The van der Waals surface area contributed by atoms with Crippen molar-refractivity contribution in [3.05, 3.63) is 30.1 Å². The fraction of sp³-hybridized carbons (Fsp3) is 0.529. The van der Waals surface area contributed by atoms with E-state index in [0.29, 0.717) is 32.1 Å². The van der Waals surface area contributed by atoms with E-state index in [4.69, 9.17) is 14.7 Å². The Hall–Kier alpha value is -2.17. The topological polar surface area (TPSA) is 65.8 Å². The first-order chi connectivity index (χ1) is 11.7. The van der Waals surface area contributed by atoms with Crippen LogP contribution in [0.15, 0.2) is 24.3 Å². The predicted molar refractivity (Wildman–Crippen MR) is 86.0 cm³/mol. The summed E-state index contributed by atoms with van der Waals surface area (Å²) in [7, 11) is 0. The number of nitriles is 1. The molecule has 0 spiro atoms. The highest BCUT2D eigenvalue weighted by Crippen LogP contribution is 2.11. The van der Waals surface area contributed by atoms with Crippen molar-refractivity contribution >= 4 is 5.91 Å². The number of halogens is 1. The SMILES string of the molecule is N#CCCN(CCN1CCOCC1)C(=O)COc1ccc(F)cc1. The van der Waals surface area contributed by atoms with Crippen LogP contribution in [0.3, 0.4) is 0 Å². The zero-order chi connectivity index (χ0) is 17.2. The van der Waals surface area contributed by atoms with Gasteiger partial charge >= 0.3 is 0 Å². The molecule has 130 valence electrons. The maximum Gasteiger partial charge on any atom is 0.260 e. The van der Waals surface area contributed by atoms with Crippen molar-refractivity contribution in [1.82, 2.24) is 9.80 Å². The van der Waals surface area contributed by atoms with Crippen LogP contribution in [0.5, 0.6) is 5.75 Å². The van der Waals surface area contributed by atoms with E-state index >= 15 is 0 Å². The molecule has 1 fully saturated rings. The minimum absolute atomic E-state index is 0.125. The summed E-state index contributed by atoms with van der Waals surface area (Å²) in [6.07, 6.45) is 0.283. The third-order valence-electron chi connectivity index (χ3n) is 3.81. The molecular weight excluding hydrogens is 313 g/mol. The zero-order valence-corrected chi connectivity index (χ0v) is 13.6. The van der Waals surface area contributed by atoms with Gasteiger partial charge in [0.2, 0.25) is 0 Å². The van der Waals surface area contributed by atoms with Crippen LogP contribution in [0.2, 0.25) is 0 Å². The van der Waals surface area contributed by atoms with E-state index in [0.717, 1.165) is 19.6 Å². The van der Waals surface area contributed by atoms with E-state index < -0.39 is 0 Å². The largest absolute Gasteiger partial charge is 0.484 e. The minimum atomic E-state index is -0.352. The van der Waals surface area contributed by atoms with Crippen molar-refractivity contribution in [1.29, 1.82) is 5.26 Å². The highest BCUT2D eigenvalue weighted by atomic mass is 19.1. The van der Waals surface area contributed by atoms with Gasteiger partial charge in [-0.3, -0.25) is 9.69 Å². The molecule has 1 aromatic rings. The molecule has 1 amide bonds. The highest BCUT2D eigenvalue weighted by Gasteiger charge is 2.17. The lowest BCUT2D eigenvalue weighted by Gasteiger charge is -2.29. The molecule has 0 radical (unpaired) electrons. The number of hydrogen-bond donors (Lipinski definition) is 0. The average molecular weight is 335 g/mol. The van der Waals surface area contributed by atoms with Crippen LogP contribution >= 0.6 is 0 Å². The summed E-state index contributed by atoms with van der Waals surface area (Å²) in [6.45, 7) is 4.68. The first-order valence-corrected chi connectivity index (χ1v) is 8.02. The summed E-state index contributed by atoms with van der Waals surface area (Å²) >= 11 is 0. The number of ether oxygens (including phenoxy) is 2. The molecule has 6 nitrogen and oxygen atoms in total. The fourth-order valence-corrected chi connectivity index (χ4v) is 2.40. The average Bonchev–Trinajstić information content (AvgIpc) is 2.62. The number of carbonyl (C=O) groups excluding carboxylic acids is 1. The lowest BCUT2D eigenvalue weighted by atomic mass is 10.3. The van der Waals surface area contributed by atoms with E-state index in [-0.39, 0.29) is 24.8 Å². The zero-order valence-electron chi connectivity index (χ0n) is 13.6. The van der Waals surface area contributed by atoms with Crippen LogP contribution in [0, 0.1) is 17.1 Å². The Balaban J connectivity index is 1.81. The van der Waals surface area contributed by atoms with Crippen LogP contribution in [0.4, 0.5) is 4.39 Å². The molecule has 1 aliphatic heterocycles. The van der Waals surface area contributed by atoms with Gasteiger partial charge in [0.15, 0.2) is 6.61 Å². The number of benzene rings is 1. The number of carbonyl (C=O) groups is 1. The van der Waals surface area contributed by atoms with Crippen LogP contribution < -0.4 is 4.74 Å².